The molecule has 0 atom stereocenters. The predicted octanol–water partition coefficient (Wildman–Crippen LogP) is 3.37. The van der Waals surface area contributed by atoms with Gasteiger partial charge in [0.15, 0.2) is 5.76 Å². The van der Waals surface area contributed by atoms with E-state index in [2.05, 4.69) is 5.16 Å². The summed E-state index contributed by atoms with van der Waals surface area (Å²) in [6, 6.07) is 4.02. The van der Waals surface area contributed by atoms with Gasteiger partial charge in [-0.25, -0.2) is 4.79 Å². The van der Waals surface area contributed by atoms with Crippen LogP contribution in [0, 0.1) is 6.92 Å². The van der Waals surface area contributed by atoms with Crippen molar-refractivity contribution in [1.29, 1.82) is 0 Å². The van der Waals surface area contributed by atoms with Crippen LogP contribution in [0.1, 0.15) is 21.6 Å². The van der Waals surface area contributed by atoms with E-state index in [9.17, 15) is 18.0 Å². The molecule has 0 aliphatic rings. The fourth-order valence-corrected chi connectivity index (χ4v) is 1.63. The standard InChI is InChI=1S/C12H8F3NO3/c1-6-9(11(17)18)10(19-16-6)7-2-4-8(5-3-7)12(13,14)15/h2-5H,1H3,(H,17,18). The number of rotatable bonds is 2. The maximum Gasteiger partial charge on any atom is 0.416 e. The molecule has 1 N–H and O–H groups in total. The van der Waals surface area contributed by atoms with Crippen molar-refractivity contribution in [2.24, 2.45) is 0 Å². The van der Waals surface area contributed by atoms with E-state index in [4.69, 9.17) is 9.63 Å². The van der Waals surface area contributed by atoms with Gasteiger partial charge in [0.05, 0.1) is 11.3 Å². The van der Waals surface area contributed by atoms with Crippen LogP contribution in [0.25, 0.3) is 11.3 Å². The molecule has 0 amide bonds. The van der Waals surface area contributed by atoms with E-state index < -0.39 is 17.7 Å². The van der Waals surface area contributed by atoms with Gasteiger partial charge in [-0.05, 0) is 19.1 Å². The smallest absolute Gasteiger partial charge is 0.416 e. The van der Waals surface area contributed by atoms with Crippen LogP contribution in [0.15, 0.2) is 28.8 Å². The second-order valence-corrected chi connectivity index (χ2v) is 3.85. The van der Waals surface area contributed by atoms with Gasteiger partial charge in [0.25, 0.3) is 0 Å². The molecule has 0 saturated heterocycles. The minimum Gasteiger partial charge on any atom is -0.477 e. The molecule has 0 spiro atoms. The number of carbonyl (C=O) groups is 1. The predicted molar refractivity (Wildman–Crippen MR) is 58.6 cm³/mol. The Morgan fingerprint density at radius 1 is 1.26 bits per heavy atom. The normalized spacial score (nSPS) is 11.6. The third-order valence-corrected chi connectivity index (χ3v) is 2.55. The molecule has 1 aromatic heterocycles. The molecule has 0 saturated carbocycles. The van der Waals surface area contributed by atoms with Crippen LogP contribution >= 0.6 is 0 Å². The van der Waals surface area contributed by atoms with Gasteiger partial charge in [-0.15, -0.1) is 0 Å². The van der Waals surface area contributed by atoms with Crippen molar-refractivity contribution in [3.8, 4) is 11.3 Å². The number of halogens is 3. The Bertz CT molecular complexity index is 614. The van der Waals surface area contributed by atoms with Gasteiger partial charge in [-0.2, -0.15) is 13.2 Å². The van der Waals surface area contributed by atoms with Crippen molar-refractivity contribution in [2.75, 3.05) is 0 Å². The number of aryl methyl sites for hydroxylation is 1. The quantitative estimate of drug-likeness (QED) is 0.909. The Morgan fingerprint density at radius 3 is 2.32 bits per heavy atom. The average molecular weight is 271 g/mol. The van der Waals surface area contributed by atoms with Gasteiger partial charge in [0.1, 0.15) is 5.56 Å². The summed E-state index contributed by atoms with van der Waals surface area (Å²) in [4.78, 5) is 11.0. The lowest BCUT2D eigenvalue weighted by atomic mass is 10.1. The van der Waals surface area contributed by atoms with E-state index in [1.165, 1.54) is 6.92 Å². The van der Waals surface area contributed by atoms with Crippen molar-refractivity contribution in [1.82, 2.24) is 5.16 Å². The van der Waals surface area contributed by atoms with Gasteiger partial charge in [-0.1, -0.05) is 17.3 Å². The molecule has 100 valence electrons. The Balaban J connectivity index is 2.46. The second-order valence-electron chi connectivity index (χ2n) is 3.85. The molecule has 0 aliphatic heterocycles. The van der Waals surface area contributed by atoms with Gasteiger partial charge >= 0.3 is 12.1 Å². The summed E-state index contributed by atoms with van der Waals surface area (Å²) in [6.07, 6.45) is -4.44. The second kappa shape index (κ2) is 4.42. The first-order valence-corrected chi connectivity index (χ1v) is 5.18. The largest absolute Gasteiger partial charge is 0.477 e. The Labute approximate surface area is 105 Å². The first-order valence-electron chi connectivity index (χ1n) is 5.18. The molecule has 2 aromatic rings. The molecule has 1 heterocycles. The summed E-state index contributed by atoms with van der Waals surface area (Å²) in [6.45, 7) is 1.44. The fraction of sp³-hybridized carbons (Fsp3) is 0.167. The third kappa shape index (κ3) is 2.44. The zero-order chi connectivity index (χ0) is 14.2. The van der Waals surface area contributed by atoms with E-state index in [0.29, 0.717) is 0 Å². The van der Waals surface area contributed by atoms with Crippen molar-refractivity contribution in [2.45, 2.75) is 13.1 Å². The van der Waals surface area contributed by atoms with Crippen LogP contribution in [-0.4, -0.2) is 16.2 Å². The van der Waals surface area contributed by atoms with E-state index >= 15 is 0 Å². The molecular formula is C12H8F3NO3. The Hall–Kier alpha value is -2.31. The van der Waals surface area contributed by atoms with Crippen LogP contribution in [0.2, 0.25) is 0 Å². The highest BCUT2D eigenvalue weighted by molar-refractivity contribution is 5.95. The number of aromatic nitrogens is 1. The van der Waals surface area contributed by atoms with Gasteiger partial charge in [0, 0.05) is 5.56 Å². The maximum atomic E-state index is 12.4. The molecule has 0 bridgehead atoms. The highest BCUT2D eigenvalue weighted by atomic mass is 19.4. The van der Waals surface area contributed by atoms with Crippen LogP contribution in [-0.2, 0) is 6.18 Å². The van der Waals surface area contributed by atoms with Crippen molar-refractivity contribution >= 4 is 5.97 Å². The highest BCUT2D eigenvalue weighted by Gasteiger charge is 2.30. The minimum atomic E-state index is -4.44. The molecule has 1 aromatic carbocycles. The number of aromatic carboxylic acids is 1. The topological polar surface area (TPSA) is 63.3 Å². The van der Waals surface area contributed by atoms with E-state index in [1.807, 2.05) is 0 Å². The van der Waals surface area contributed by atoms with Crippen LogP contribution in [0.5, 0.6) is 0 Å². The molecule has 2 rings (SSSR count). The first-order chi connectivity index (χ1) is 8.80. The average Bonchev–Trinajstić information content (AvgIpc) is 2.70. The number of carboxylic acids is 1. The zero-order valence-corrected chi connectivity index (χ0v) is 9.65. The van der Waals surface area contributed by atoms with Crippen molar-refractivity contribution in [3.05, 3.63) is 41.1 Å². The fourth-order valence-electron chi connectivity index (χ4n) is 1.63. The number of benzene rings is 1. The summed E-state index contributed by atoms with van der Waals surface area (Å²) in [5.41, 5.74) is -0.572. The third-order valence-electron chi connectivity index (χ3n) is 2.55. The van der Waals surface area contributed by atoms with E-state index in [-0.39, 0.29) is 22.6 Å². The number of nitrogens with zero attached hydrogens (tertiary/aromatic N) is 1. The molecule has 19 heavy (non-hydrogen) atoms. The van der Waals surface area contributed by atoms with E-state index in [1.54, 1.807) is 0 Å². The monoisotopic (exact) mass is 271 g/mol. The summed E-state index contributed by atoms with van der Waals surface area (Å²) in [7, 11) is 0. The molecular weight excluding hydrogens is 263 g/mol. The Kier molecular flexibility index (Phi) is 3.05. The molecule has 0 fully saturated rings. The number of carboxylic acid groups (broad SMARTS) is 1. The molecule has 0 aliphatic carbocycles. The summed E-state index contributed by atoms with van der Waals surface area (Å²) in [5, 5.41) is 12.5. The van der Waals surface area contributed by atoms with Crippen molar-refractivity contribution in [3.63, 3.8) is 0 Å². The zero-order valence-electron chi connectivity index (χ0n) is 9.65. The lowest BCUT2D eigenvalue weighted by molar-refractivity contribution is -0.137. The Morgan fingerprint density at radius 2 is 1.84 bits per heavy atom. The summed E-state index contributed by atoms with van der Waals surface area (Å²) in [5.74, 6) is -1.30. The summed E-state index contributed by atoms with van der Waals surface area (Å²) >= 11 is 0. The lowest BCUT2D eigenvalue weighted by Crippen LogP contribution is -2.04. The SMILES string of the molecule is Cc1noc(-c2ccc(C(F)(F)F)cc2)c1C(=O)O. The highest BCUT2D eigenvalue weighted by Crippen LogP contribution is 2.32. The van der Waals surface area contributed by atoms with Gasteiger partial charge in [-0.3, -0.25) is 0 Å². The van der Waals surface area contributed by atoms with Gasteiger partial charge in [0.2, 0.25) is 0 Å². The number of hydrogen-bond donors (Lipinski definition) is 1. The van der Waals surface area contributed by atoms with E-state index in [0.717, 1.165) is 24.3 Å². The molecule has 0 radical (unpaired) electrons. The maximum absolute atomic E-state index is 12.4. The molecule has 0 unspecified atom stereocenters. The number of hydrogen-bond acceptors (Lipinski definition) is 3. The summed E-state index contributed by atoms with van der Waals surface area (Å²) < 4.78 is 42.1. The van der Waals surface area contributed by atoms with Crippen molar-refractivity contribution < 1.29 is 27.6 Å². The lowest BCUT2D eigenvalue weighted by Gasteiger charge is -2.06. The molecule has 7 heteroatoms. The molecule has 4 nitrogen and oxygen atoms in total. The minimum absolute atomic E-state index is 0.0567. The van der Waals surface area contributed by atoms with Crippen LogP contribution < -0.4 is 0 Å². The number of alkyl halides is 3. The first kappa shape index (κ1) is 13.1. The van der Waals surface area contributed by atoms with Crippen LogP contribution in [0.3, 0.4) is 0 Å². The van der Waals surface area contributed by atoms with Gasteiger partial charge < -0.3 is 9.63 Å². The van der Waals surface area contributed by atoms with Crippen LogP contribution in [0.4, 0.5) is 13.2 Å².